The third-order valence-electron chi connectivity index (χ3n) is 5.25. The van der Waals surface area contributed by atoms with E-state index in [-0.39, 0.29) is 22.4 Å². The van der Waals surface area contributed by atoms with Gasteiger partial charge in [0.15, 0.2) is 0 Å². The molecule has 2 aromatic carbocycles. The van der Waals surface area contributed by atoms with Crippen molar-refractivity contribution in [3.8, 4) is 11.1 Å². The van der Waals surface area contributed by atoms with Crippen molar-refractivity contribution in [1.82, 2.24) is 9.55 Å². The van der Waals surface area contributed by atoms with Crippen LogP contribution in [0.1, 0.15) is 0 Å². The molecular weight excluding hydrogens is 504 g/mol. The third-order valence-corrected chi connectivity index (χ3v) is 5.25. The molecule has 13 heteroatoms. The van der Waals surface area contributed by atoms with Crippen LogP contribution in [-0.4, -0.2) is 28.8 Å². The summed E-state index contributed by atoms with van der Waals surface area (Å²) in [5.41, 5.74) is -2.90. The number of halogens is 6. The first-order chi connectivity index (χ1) is 17.4. The monoisotopic (exact) mass is 521 g/mol. The SMILES string of the molecule is CNc1cc2c(cn1)cc(-c1cc(NC(=O)Nc3cccc(F)c3)c(F)cc1F)c(=O)n2CC(F)(F)F. The van der Waals surface area contributed by atoms with Gasteiger partial charge in [0.25, 0.3) is 5.56 Å². The van der Waals surface area contributed by atoms with E-state index in [9.17, 15) is 35.9 Å². The Kier molecular flexibility index (Phi) is 6.79. The van der Waals surface area contributed by atoms with Gasteiger partial charge < -0.3 is 16.0 Å². The van der Waals surface area contributed by atoms with Crippen LogP contribution in [0.5, 0.6) is 0 Å². The summed E-state index contributed by atoms with van der Waals surface area (Å²) in [6.45, 7) is -1.67. The molecule has 0 aliphatic carbocycles. The number of carbonyl (C=O) groups is 1. The lowest BCUT2D eigenvalue weighted by atomic mass is 10.0. The molecule has 192 valence electrons. The molecule has 37 heavy (non-hydrogen) atoms. The van der Waals surface area contributed by atoms with Crippen molar-refractivity contribution in [3.05, 3.63) is 82.5 Å². The summed E-state index contributed by atoms with van der Waals surface area (Å²) >= 11 is 0. The van der Waals surface area contributed by atoms with Crippen molar-refractivity contribution < 1.29 is 31.1 Å². The van der Waals surface area contributed by atoms with E-state index in [0.717, 1.165) is 24.3 Å². The van der Waals surface area contributed by atoms with Gasteiger partial charge in [-0.15, -0.1) is 0 Å². The average molecular weight is 521 g/mol. The minimum atomic E-state index is -4.79. The van der Waals surface area contributed by atoms with Crippen molar-refractivity contribution in [2.45, 2.75) is 12.7 Å². The van der Waals surface area contributed by atoms with Crippen LogP contribution in [0.25, 0.3) is 22.0 Å². The molecule has 0 spiro atoms. The highest BCUT2D eigenvalue weighted by molar-refractivity contribution is 6.00. The second-order valence-electron chi connectivity index (χ2n) is 7.84. The molecule has 0 unspecified atom stereocenters. The number of fused-ring (bicyclic) bond motifs is 1. The lowest BCUT2D eigenvalue weighted by Gasteiger charge is -2.16. The molecule has 7 nitrogen and oxygen atoms in total. The quantitative estimate of drug-likeness (QED) is 0.293. The van der Waals surface area contributed by atoms with Gasteiger partial charge in [0.1, 0.15) is 29.8 Å². The van der Waals surface area contributed by atoms with Crippen molar-refractivity contribution in [3.63, 3.8) is 0 Å². The van der Waals surface area contributed by atoms with E-state index in [4.69, 9.17) is 0 Å². The number of anilines is 3. The summed E-state index contributed by atoms with van der Waals surface area (Å²) < 4.78 is 83.0. The van der Waals surface area contributed by atoms with E-state index >= 15 is 0 Å². The van der Waals surface area contributed by atoms with Gasteiger partial charge in [-0.05, 0) is 30.3 Å². The second kappa shape index (κ2) is 9.84. The highest BCUT2D eigenvalue weighted by Gasteiger charge is 2.30. The van der Waals surface area contributed by atoms with E-state index < -0.39 is 58.6 Å². The number of nitrogens with one attached hydrogen (secondary N) is 3. The first-order valence-corrected chi connectivity index (χ1v) is 10.6. The zero-order valence-corrected chi connectivity index (χ0v) is 18.9. The highest BCUT2D eigenvalue weighted by Crippen LogP contribution is 2.30. The minimum Gasteiger partial charge on any atom is -0.373 e. The molecule has 2 amide bonds. The summed E-state index contributed by atoms with van der Waals surface area (Å²) in [6.07, 6.45) is -3.59. The smallest absolute Gasteiger partial charge is 0.373 e. The molecule has 2 aromatic heterocycles. The van der Waals surface area contributed by atoms with Gasteiger partial charge in [-0.25, -0.2) is 22.9 Å². The Balaban J connectivity index is 1.80. The van der Waals surface area contributed by atoms with E-state index in [1.165, 1.54) is 31.4 Å². The van der Waals surface area contributed by atoms with E-state index in [2.05, 4.69) is 20.9 Å². The molecule has 3 N–H and O–H groups in total. The van der Waals surface area contributed by atoms with Gasteiger partial charge in [-0.1, -0.05) is 6.07 Å². The number of pyridine rings is 2. The molecule has 0 saturated carbocycles. The Morgan fingerprint density at radius 3 is 2.41 bits per heavy atom. The number of benzene rings is 2. The predicted octanol–water partition coefficient (Wildman–Crippen LogP) is 5.73. The van der Waals surface area contributed by atoms with Gasteiger partial charge in [0, 0.05) is 42.0 Å². The van der Waals surface area contributed by atoms with Crippen molar-refractivity contribution in [2.75, 3.05) is 23.0 Å². The summed E-state index contributed by atoms with van der Waals surface area (Å²) in [5, 5.41) is 7.12. The van der Waals surface area contributed by atoms with Crippen LogP contribution in [0, 0.1) is 17.5 Å². The summed E-state index contributed by atoms with van der Waals surface area (Å²) in [7, 11) is 1.49. The molecule has 4 rings (SSSR count). The zero-order chi connectivity index (χ0) is 26.9. The maximum absolute atomic E-state index is 14.8. The Morgan fingerprint density at radius 1 is 0.973 bits per heavy atom. The maximum atomic E-state index is 14.8. The number of alkyl halides is 3. The topological polar surface area (TPSA) is 88.1 Å². The lowest BCUT2D eigenvalue weighted by Crippen LogP contribution is -2.29. The maximum Gasteiger partial charge on any atom is 0.406 e. The van der Waals surface area contributed by atoms with Crippen LogP contribution in [0.4, 0.5) is 48.3 Å². The molecule has 0 saturated heterocycles. The summed E-state index contributed by atoms with van der Waals surface area (Å²) in [6, 6.07) is 7.33. The van der Waals surface area contributed by atoms with Crippen LogP contribution in [0.2, 0.25) is 0 Å². The summed E-state index contributed by atoms with van der Waals surface area (Å²) in [5.74, 6) is -2.91. The molecule has 0 radical (unpaired) electrons. The fourth-order valence-electron chi connectivity index (χ4n) is 3.64. The van der Waals surface area contributed by atoms with Crippen LogP contribution in [0.15, 0.2) is 59.5 Å². The van der Waals surface area contributed by atoms with Crippen molar-refractivity contribution in [2.24, 2.45) is 0 Å². The van der Waals surface area contributed by atoms with Gasteiger partial charge >= 0.3 is 12.2 Å². The standard InChI is InChI=1S/C24H17F6N5O2/c1-31-21-9-20-12(10-32-21)5-16(22(36)35(20)11-24(28,29)30)15-7-19(18(27)8-17(15)26)34-23(37)33-14-4-2-3-13(25)6-14/h2-10H,11H2,1H3,(H,31,32)(H2,33,34,37). The van der Waals surface area contributed by atoms with Crippen LogP contribution in [-0.2, 0) is 6.54 Å². The number of hydrogen-bond acceptors (Lipinski definition) is 4. The number of nitrogens with zero attached hydrogens (tertiary/aromatic N) is 2. The van der Waals surface area contributed by atoms with E-state index in [1.807, 2.05) is 0 Å². The Labute approximate surface area is 204 Å². The zero-order valence-electron chi connectivity index (χ0n) is 18.9. The molecular formula is C24H17F6N5O2. The number of aromatic nitrogens is 2. The number of carbonyl (C=O) groups excluding carboxylic acids is 1. The van der Waals surface area contributed by atoms with Crippen molar-refractivity contribution >= 4 is 34.1 Å². The normalized spacial score (nSPS) is 11.4. The third kappa shape index (κ3) is 5.66. The number of urea groups is 1. The van der Waals surface area contributed by atoms with Gasteiger partial charge in [0.05, 0.1) is 16.8 Å². The molecule has 2 heterocycles. The largest absolute Gasteiger partial charge is 0.406 e. The van der Waals surface area contributed by atoms with Crippen LogP contribution in [0.3, 0.4) is 0 Å². The second-order valence-corrected chi connectivity index (χ2v) is 7.84. The van der Waals surface area contributed by atoms with Crippen LogP contribution < -0.4 is 21.5 Å². The molecule has 0 aliphatic rings. The molecule has 0 atom stereocenters. The first-order valence-electron chi connectivity index (χ1n) is 10.6. The van der Waals surface area contributed by atoms with Crippen molar-refractivity contribution in [1.29, 1.82) is 0 Å². The molecule has 4 aromatic rings. The summed E-state index contributed by atoms with van der Waals surface area (Å²) in [4.78, 5) is 29.4. The van der Waals surface area contributed by atoms with Gasteiger partial charge in [0.2, 0.25) is 0 Å². The van der Waals surface area contributed by atoms with E-state index in [1.54, 1.807) is 0 Å². The lowest BCUT2D eigenvalue weighted by molar-refractivity contribution is -0.140. The minimum absolute atomic E-state index is 0.0400. The number of hydrogen-bond donors (Lipinski definition) is 3. The van der Waals surface area contributed by atoms with Gasteiger partial charge in [-0.3, -0.25) is 9.36 Å². The first kappa shape index (κ1) is 25.5. The molecule has 0 bridgehead atoms. The van der Waals surface area contributed by atoms with E-state index in [0.29, 0.717) is 10.6 Å². The average Bonchev–Trinajstić information content (AvgIpc) is 2.81. The molecule has 0 aliphatic heterocycles. The molecule has 0 fully saturated rings. The number of amides is 2. The number of rotatable bonds is 5. The Bertz CT molecular complexity index is 1570. The Morgan fingerprint density at radius 2 is 1.73 bits per heavy atom. The highest BCUT2D eigenvalue weighted by atomic mass is 19.4. The fraction of sp³-hybridized carbons (Fsp3) is 0.125. The van der Waals surface area contributed by atoms with Gasteiger partial charge in [-0.2, -0.15) is 13.2 Å². The Hall–Kier alpha value is -4.55. The van der Waals surface area contributed by atoms with Crippen LogP contribution >= 0.6 is 0 Å². The predicted molar refractivity (Wildman–Crippen MR) is 126 cm³/mol. The fourth-order valence-corrected chi connectivity index (χ4v) is 3.64.